The Kier molecular flexibility index (Phi) is 10.7. The summed E-state index contributed by atoms with van der Waals surface area (Å²) in [5.41, 5.74) is 2.94. The Labute approximate surface area is 259 Å². The summed E-state index contributed by atoms with van der Waals surface area (Å²) >= 11 is 12.7. The molecular formula is C32H30Cl2N2O7. The predicted octanol–water partition coefficient (Wildman–Crippen LogP) is 6.90. The number of pyridine rings is 1. The number of nitrogens with zero attached hydrogens (tertiary/aromatic N) is 2. The Morgan fingerprint density at radius 1 is 0.930 bits per heavy atom. The Hall–Kier alpha value is -4.47. The lowest BCUT2D eigenvalue weighted by atomic mass is 10.0. The third-order valence-corrected chi connectivity index (χ3v) is 7.46. The molecule has 224 valence electrons. The molecule has 1 amide bonds. The fourth-order valence-corrected chi connectivity index (χ4v) is 5.18. The number of carboxylic acid groups (broad SMARTS) is 1. The first-order chi connectivity index (χ1) is 20.7. The maximum absolute atomic E-state index is 13.3. The van der Waals surface area contributed by atoms with Gasteiger partial charge in [0.25, 0.3) is 0 Å². The molecule has 43 heavy (non-hydrogen) atoms. The minimum atomic E-state index is -1.02. The number of benzene rings is 3. The summed E-state index contributed by atoms with van der Waals surface area (Å²) in [7, 11) is 3.02. The van der Waals surface area contributed by atoms with Gasteiger partial charge in [-0.15, -0.1) is 0 Å². The minimum Gasteiger partial charge on any atom is -0.619 e. The molecule has 9 nitrogen and oxygen atoms in total. The molecule has 1 heterocycles. The lowest BCUT2D eigenvalue weighted by Crippen LogP contribution is -2.30. The SMILES string of the molecule is COc1ccc([C@H](Cc2c(Cl)c[n+]([O-])cc2Cl)OC(=O)c2ccc(CCCN(C(=O)O)c3ccccc3)cc2)cc1OC. The van der Waals surface area contributed by atoms with Crippen LogP contribution in [0.4, 0.5) is 10.5 Å². The van der Waals surface area contributed by atoms with Crippen molar-refractivity contribution in [2.75, 3.05) is 25.7 Å². The second-order valence-corrected chi connectivity index (χ2v) is 10.4. The number of anilines is 1. The molecule has 4 rings (SSSR count). The van der Waals surface area contributed by atoms with Crippen LogP contribution < -0.4 is 19.1 Å². The average molecular weight is 626 g/mol. The van der Waals surface area contributed by atoms with Gasteiger partial charge < -0.3 is 24.5 Å². The molecule has 0 aliphatic heterocycles. The van der Waals surface area contributed by atoms with Crippen molar-refractivity contribution in [3.05, 3.63) is 123 Å². The zero-order valence-corrected chi connectivity index (χ0v) is 25.0. The number of para-hydroxylation sites is 1. The van der Waals surface area contributed by atoms with E-state index in [0.717, 1.165) is 5.56 Å². The van der Waals surface area contributed by atoms with Crippen LogP contribution in [0.25, 0.3) is 0 Å². The largest absolute Gasteiger partial charge is 0.619 e. The monoisotopic (exact) mass is 624 g/mol. The summed E-state index contributed by atoms with van der Waals surface area (Å²) in [6.07, 6.45) is 1.83. The van der Waals surface area contributed by atoms with Crippen molar-refractivity contribution >= 4 is 41.0 Å². The molecule has 4 aromatic rings. The van der Waals surface area contributed by atoms with Crippen molar-refractivity contribution in [3.8, 4) is 11.5 Å². The van der Waals surface area contributed by atoms with Crippen molar-refractivity contribution in [3.63, 3.8) is 0 Å². The summed E-state index contributed by atoms with van der Waals surface area (Å²) in [5, 5.41) is 21.6. The van der Waals surface area contributed by atoms with Crippen molar-refractivity contribution in [2.45, 2.75) is 25.4 Å². The Bertz CT molecular complexity index is 1540. The molecule has 11 heteroatoms. The van der Waals surface area contributed by atoms with Gasteiger partial charge in [0.2, 0.25) is 0 Å². The van der Waals surface area contributed by atoms with Gasteiger partial charge in [-0.25, -0.2) is 9.59 Å². The number of aromatic nitrogens is 1. The molecule has 0 aliphatic rings. The maximum atomic E-state index is 13.3. The molecule has 0 saturated carbocycles. The van der Waals surface area contributed by atoms with Crippen LogP contribution in [0, 0.1) is 5.21 Å². The van der Waals surface area contributed by atoms with Crippen LogP contribution in [0.2, 0.25) is 10.0 Å². The summed E-state index contributed by atoms with van der Waals surface area (Å²) in [6.45, 7) is 0.326. The van der Waals surface area contributed by atoms with E-state index in [2.05, 4.69) is 0 Å². The fraction of sp³-hybridized carbons (Fsp3) is 0.219. The predicted molar refractivity (Wildman–Crippen MR) is 163 cm³/mol. The molecule has 0 aliphatic carbocycles. The highest BCUT2D eigenvalue weighted by atomic mass is 35.5. The van der Waals surface area contributed by atoms with Crippen molar-refractivity contribution in [1.82, 2.24) is 0 Å². The number of methoxy groups -OCH3 is 2. The molecule has 1 aromatic heterocycles. The molecule has 1 N–H and O–H groups in total. The molecule has 0 radical (unpaired) electrons. The number of amides is 1. The molecular weight excluding hydrogens is 595 g/mol. The number of esters is 1. The molecule has 0 spiro atoms. The number of hydrogen-bond donors (Lipinski definition) is 1. The number of aryl methyl sites for hydroxylation is 1. The number of rotatable bonds is 12. The van der Waals surface area contributed by atoms with Crippen LogP contribution in [0.5, 0.6) is 11.5 Å². The zero-order chi connectivity index (χ0) is 30.9. The first-order valence-electron chi connectivity index (χ1n) is 13.3. The molecule has 0 fully saturated rings. The van der Waals surface area contributed by atoms with Crippen LogP contribution in [-0.2, 0) is 17.6 Å². The highest BCUT2D eigenvalue weighted by Crippen LogP contribution is 2.35. The van der Waals surface area contributed by atoms with Crippen LogP contribution >= 0.6 is 23.2 Å². The summed E-state index contributed by atoms with van der Waals surface area (Å²) < 4.78 is 17.2. The molecule has 0 bridgehead atoms. The third kappa shape index (κ3) is 8.09. The van der Waals surface area contributed by atoms with E-state index in [9.17, 15) is 19.9 Å². The lowest BCUT2D eigenvalue weighted by molar-refractivity contribution is -0.605. The van der Waals surface area contributed by atoms with E-state index >= 15 is 0 Å². The van der Waals surface area contributed by atoms with Gasteiger partial charge in [0, 0.05) is 24.2 Å². The zero-order valence-electron chi connectivity index (χ0n) is 23.5. The van der Waals surface area contributed by atoms with Gasteiger partial charge in [0.05, 0.1) is 19.8 Å². The van der Waals surface area contributed by atoms with Gasteiger partial charge in [-0.05, 0) is 60.4 Å². The van der Waals surface area contributed by atoms with Crippen molar-refractivity contribution in [1.29, 1.82) is 0 Å². The van der Waals surface area contributed by atoms with E-state index in [0.29, 0.717) is 58.0 Å². The van der Waals surface area contributed by atoms with Gasteiger partial charge in [-0.3, -0.25) is 4.90 Å². The summed E-state index contributed by atoms with van der Waals surface area (Å²) in [5.74, 6) is 0.377. The van der Waals surface area contributed by atoms with E-state index in [1.165, 1.54) is 31.5 Å². The highest BCUT2D eigenvalue weighted by Gasteiger charge is 2.24. The highest BCUT2D eigenvalue weighted by molar-refractivity contribution is 6.35. The Balaban J connectivity index is 1.49. The van der Waals surface area contributed by atoms with Gasteiger partial charge in [0.1, 0.15) is 16.1 Å². The van der Waals surface area contributed by atoms with E-state index in [1.54, 1.807) is 54.6 Å². The summed E-state index contributed by atoms with van der Waals surface area (Å²) in [4.78, 5) is 26.3. The first kappa shape index (κ1) is 31.5. The third-order valence-electron chi connectivity index (χ3n) is 6.81. The van der Waals surface area contributed by atoms with Crippen LogP contribution in [0.15, 0.2) is 85.2 Å². The van der Waals surface area contributed by atoms with Crippen LogP contribution in [0.3, 0.4) is 0 Å². The standard InChI is InChI=1S/C32H30Cl2N2O7/c1-41-28-15-14-23(17-30(28)42-2)29(18-25-26(33)19-35(40)20-27(25)34)43-31(37)22-12-10-21(11-13-22)7-6-16-36(32(38)39)24-8-4-3-5-9-24/h3-5,8-15,17,19-20,29H,6-7,16,18H2,1-2H3,(H,38,39)/t29-/m0/s1. The Morgan fingerprint density at radius 2 is 1.58 bits per heavy atom. The number of hydrogen-bond acceptors (Lipinski definition) is 6. The van der Waals surface area contributed by atoms with Crippen LogP contribution in [-0.4, -0.2) is 37.9 Å². The number of carbonyl (C=O) groups excluding carboxylic acids is 1. The lowest BCUT2D eigenvalue weighted by Gasteiger charge is -2.21. The quantitative estimate of drug-likeness (QED) is 0.104. The van der Waals surface area contributed by atoms with Gasteiger partial charge in [-0.2, -0.15) is 4.73 Å². The number of halogens is 2. The molecule has 0 unspecified atom stereocenters. The Morgan fingerprint density at radius 3 is 2.19 bits per heavy atom. The minimum absolute atomic E-state index is 0.0965. The average Bonchev–Trinajstić information content (AvgIpc) is 3.00. The van der Waals surface area contributed by atoms with Gasteiger partial charge in [0.15, 0.2) is 23.9 Å². The van der Waals surface area contributed by atoms with Crippen LogP contribution in [0.1, 0.15) is 39.6 Å². The molecule has 3 aromatic carbocycles. The molecule has 0 saturated heterocycles. The molecule has 1 atom stereocenters. The number of carbonyl (C=O) groups is 2. The number of ether oxygens (including phenoxy) is 3. The van der Waals surface area contributed by atoms with E-state index in [-0.39, 0.29) is 16.5 Å². The van der Waals surface area contributed by atoms with Crippen molar-refractivity contribution in [2.24, 2.45) is 0 Å². The first-order valence-corrected chi connectivity index (χ1v) is 14.1. The van der Waals surface area contributed by atoms with E-state index in [4.69, 9.17) is 37.4 Å². The second-order valence-electron chi connectivity index (χ2n) is 9.58. The fourth-order valence-electron chi connectivity index (χ4n) is 4.58. The topological polar surface area (TPSA) is 112 Å². The maximum Gasteiger partial charge on any atom is 0.411 e. The smallest absolute Gasteiger partial charge is 0.411 e. The summed E-state index contributed by atoms with van der Waals surface area (Å²) in [6, 6.07) is 21.0. The van der Waals surface area contributed by atoms with Gasteiger partial charge in [-0.1, -0.05) is 59.6 Å². The van der Waals surface area contributed by atoms with Gasteiger partial charge >= 0.3 is 12.1 Å². The second kappa shape index (κ2) is 14.6. The van der Waals surface area contributed by atoms with E-state index < -0.39 is 18.2 Å². The van der Waals surface area contributed by atoms with Crippen molar-refractivity contribution < 1.29 is 33.6 Å². The van der Waals surface area contributed by atoms with E-state index in [1.807, 2.05) is 18.2 Å². The normalized spacial score (nSPS) is 11.4.